The van der Waals surface area contributed by atoms with Crippen LogP contribution in [-0.2, 0) is 16.1 Å². The Kier molecular flexibility index (Phi) is 5.38. The molecule has 2 aliphatic rings. The lowest BCUT2D eigenvalue weighted by molar-refractivity contribution is -0.128. The summed E-state index contributed by atoms with van der Waals surface area (Å²) < 4.78 is 7.90. The van der Waals surface area contributed by atoms with Gasteiger partial charge >= 0.3 is 0 Å². The highest BCUT2D eigenvalue weighted by atomic mass is 16.5. The summed E-state index contributed by atoms with van der Waals surface area (Å²) in [6.07, 6.45) is 5.95. The summed E-state index contributed by atoms with van der Waals surface area (Å²) in [4.78, 5) is 37.0. The van der Waals surface area contributed by atoms with Gasteiger partial charge in [-0.25, -0.2) is 4.98 Å². The van der Waals surface area contributed by atoms with Gasteiger partial charge in [-0.05, 0) is 38.1 Å². The summed E-state index contributed by atoms with van der Waals surface area (Å²) in [7, 11) is 0. The van der Waals surface area contributed by atoms with Gasteiger partial charge < -0.3 is 14.6 Å². The SMILES string of the molecule is O=C1CCn2c(nc3ccccc32)C1C(=O)Nc1cnccc1OCCN1CCCC1. The van der Waals surface area contributed by atoms with Crippen molar-refractivity contribution in [3.63, 3.8) is 0 Å². The van der Waals surface area contributed by atoms with Crippen LogP contribution >= 0.6 is 0 Å². The minimum atomic E-state index is -0.946. The number of pyridine rings is 1. The van der Waals surface area contributed by atoms with Crippen molar-refractivity contribution in [1.29, 1.82) is 0 Å². The Hall–Kier alpha value is -3.26. The molecular weight excluding hydrogens is 394 g/mol. The maximum Gasteiger partial charge on any atom is 0.242 e. The predicted octanol–water partition coefficient (Wildman–Crippen LogP) is 2.60. The molecule has 0 bridgehead atoms. The number of anilines is 1. The number of ether oxygens (including phenoxy) is 1. The zero-order chi connectivity index (χ0) is 21.2. The van der Waals surface area contributed by atoms with E-state index in [0.29, 0.717) is 36.8 Å². The number of benzene rings is 1. The van der Waals surface area contributed by atoms with E-state index in [1.165, 1.54) is 12.8 Å². The summed E-state index contributed by atoms with van der Waals surface area (Å²) in [6, 6.07) is 9.43. The van der Waals surface area contributed by atoms with Crippen LogP contribution in [0.1, 0.15) is 31.0 Å². The van der Waals surface area contributed by atoms with Crippen LogP contribution in [0, 0.1) is 0 Å². The van der Waals surface area contributed by atoms with Crippen molar-refractivity contribution < 1.29 is 14.3 Å². The molecule has 5 rings (SSSR count). The van der Waals surface area contributed by atoms with Crippen molar-refractivity contribution in [3.05, 3.63) is 48.5 Å². The summed E-state index contributed by atoms with van der Waals surface area (Å²) >= 11 is 0. The van der Waals surface area contributed by atoms with Crippen LogP contribution in [0.15, 0.2) is 42.7 Å². The van der Waals surface area contributed by atoms with E-state index in [4.69, 9.17) is 4.74 Å². The second-order valence-corrected chi connectivity index (χ2v) is 8.02. The molecule has 1 aromatic carbocycles. The number of nitrogens with one attached hydrogen (secondary N) is 1. The van der Waals surface area contributed by atoms with E-state index in [9.17, 15) is 9.59 Å². The summed E-state index contributed by atoms with van der Waals surface area (Å²) in [5.41, 5.74) is 2.20. The minimum absolute atomic E-state index is 0.124. The largest absolute Gasteiger partial charge is 0.490 e. The average Bonchev–Trinajstić information content (AvgIpc) is 3.42. The number of likely N-dealkylation sites (tertiary alicyclic amines) is 1. The van der Waals surface area contributed by atoms with Gasteiger partial charge in [0, 0.05) is 31.8 Å². The molecule has 1 atom stereocenters. The Labute approximate surface area is 180 Å². The number of nitrogens with zero attached hydrogens (tertiary/aromatic N) is 4. The molecule has 8 nitrogen and oxygen atoms in total. The van der Waals surface area contributed by atoms with Gasteiger partial charge in [0.05, 0.1) is 17.2 Å². The van der Waals surface area contributed by atoms with Crippen LogP contribution in [0.2, 0.25) is 0 Å². The zero-order valence-corrected chi connectivity index (χ0v) is 17.3. The molecule has 4 heterocycles. The lowest BCUT2D eigenvalue weighted by Crippen LogP contribution is -2.34. The second-order valence-electron chi connectivity index (χ2n) is 8.02. The molecule has 1 saturated heterocycles. The average molecular weight is 419 g/mol. The second kappa shape index (κ2) is 8.47. The smallest absolute Gasteiger partial charge is 0.242 e. The van der Waals surface area contributed by atoms with Crippen LogP contribution in [0.5, 0.6) is 5.75 Å². The van der Waals surface area contributed by atoms with Gasteiger partial charge in [-0.2, -0.15) is 0 Å². The first-order chi connectivity index (χ1) is 15.2. The van der Waals surface area contributed by atoms with Crippen molar-refractivity contribution in [3.8, 4) is 5.75 Å². The van der Waals surface area contributed by atoms with Gasteiger partial charge in [0.15, 0.2) is 11.7 Å². The van der Waals surface area contributed by atoms with Crippen LogP contribution in [-0.4, -0.2) is 57.4 Å². The molecule has 3 aromatic rings. The van der Waals surface area contributed by atoms with Crippen LogP contribution in [0.25, 0.3) is 11.0 Å². The Balaban J connectivity index is 1.34. The topological polar surface area (TPSA) is 89.3 Å². The third-order valence-corrected chi connectivity index (χ3v) is 6.01. The summed E-state index contributed by atoms with van der Waals surface area (Å²) in [5.74, 6) is -0.423. The third kappa shape index (κ3) is 3.90. The number of rotatable bonds is 6. The number of para-hydroxylation sites is 2. The highest BCUT2D eigenvalue weighted by Crippen LogP contribution is 2.31. The molecule has 0 radical (unpaired) electrons. The molecule has 0 spiro atoms. The first-order valence-corrected chi connectivity index (χ1v) is 10.8. The normalized spacial score (nSPS) is 18.8. The molecule has 1 N–H and O–H groups in total. The number of Topliss-reactive ketones (excluding diaryl/α,β-unsaturated/α-hetero) is 1. The van der Waals surface area contributed by atoms with Crippen LogP contribution in [0.4, 0.5) is 5.69 Å². The highest BCUT2D eigenvalue weighted by Gasteiger charge is 2.36. The van der Waals surface area contributed by atoms with Gasteiger partial charge in [-0.3, -0.25) is 19.5 Å². The van der Waals surface area contributed by atoms with Gasteiger partial charge in [-0.1, -0.05) is 12.1 Å². The predicted molar refractivity (Wildman–Crippen MR) is 116 cm³/mol. The van der Waals surface area contributed by atoms with Crippen LogP contribution < -0.4 is 10.1 Å². The van der Waals surface area contributed by atoms with Crippen LogP contribution in [0.3, 0.4) is 0 Å². The quantitative estimate of drug-likeness (QED) is 0.618. The number of fused-ring (bicyclic) bond motifs is 3. The Bertz CT molecular complexity index is 1120. The zero-order valence-electron chi connectivity index (χ0n) is 17.3. The number of amides is 1. The van der Waals surface area contributed by atoms with Crippen molar-refractivity contribution in [1.82, 2.24) is 19.4 Å². The van der Waals surface area contributed by atoms with Gasteiger partial charge in [-0.15, -0.1) is 0 Å². The van der Waals surface area contributed by atoms with Gasteiger partial charge in [0.2, 0.25) is 5.91 Å². The van der Waals surface area contributed by atoms with E-state index in [0.717, 1.165) is 30.7 Å². The molecule has 2 aromatic heterocycles. The molecule has 1 unspecified atom stereocenters. The summed E-state index contributed by atoms with van der Waals surface area (Å²) in [6.45, 7) is 4.13. The Morgan fingerprint density at radius 1 is 1.16 bits per heavy atom. The molecule has 1 amide bonds. The number of hydrogen-bond acceptors (Lipinski definition) is 6. The van der Waals surface area contributed by atoms with E-state index in [-0.39, 0.29) is 5.78 Å². The monoisotopic (exact) mass is 419 g/mol. The number of imidazole rings is 1. The maximum atomic E-state index is 13.2. The molecule has 1 fully saturated rings. The van der Waals surface area contributed by atoms with E-state index in [1.54, 1.807) is 18.5 Å². The fourth-order valence-corrected chi connectivity index (χ4v) is 4.42. The maximum absolute atomic E-state index is 13.2. The number of ketones is 1. The van der Waals surface area contributed by atoms with E-state index >= 15 is 0 Å². The highest BCUT2D eigenvalue weighted by molar-refractivity contribution is 6.12. The van der Waals surface area contributed by atoms with Crippen molar-refractivity contribution >= 4 is 28.4 Å². The first kappa shape index (κ1) is 19.7. The van der Waals surface area contributed by atoms with Gasteiger partial charge in [0.1, 0.15) is 23.9 Å². The standard InChI is InChI=1S/C23H25N5O3/c29-19-8-12-28-18-6-2-1-5-16(18)25-22(28)21(19)23(30)26-17-15-24-9-7-20(17)31-14-13-27-10-3-4-11-27/h1-2,5-7,9,15,21H,3-4,8,10-14H2,(H,26,30). The molecule has 8 heteroatoms. The summed E-state index contributed by atoms with van der Waals surface area (Å²) in [5, 5.41) is 2.86. The van der Waals surface area contributed by atoms with Gasteiger partial charge in [0.25, 0.3) is 0 Å². The number of aromatic nitrogens is 3. The van der Waals surface area contributed by atoms with E-state index < -0.39 is 11.8 Å². The van der Waals surface area contributed by atoms with Crippen molar-refractivity contribution in [2.24, 2.45) is 0 Å². The van der Waals surface area contributed by atoms with Crippen molar-refractivity contribution in [2.45, 2.75) is 31.7 Å². The lowest BCUT2D eigenvalue weighted by atomic mass is 9.96. The number of hydrogen-bond donors (Lipinski definition) is 1. The number of carbonyl (C=O) groups excluding carboxylic acids is 2. The lowest BCUT2D eigenvalue weighted by Gasteiger charge is -2.22. The molecular formula is C23H25N5O3. The molecule has 160 valence electrons. The minimum Gasteiger partial charge on any atom is -0.490 e. The fraction of sp³-hybridized carbons (Fsp3) is 0.391. The third-order valence-electron chi connectivity index (χ3n) is 6.01. The van der Waals surface area contributed by atoms with E-state index in [1.807, 2.05) is 28.8 Å². The number of aryl methyl sites for hydroxylation is 1. The molecule has 31 heavy (non-hydrogen) atoms. The fourth-order valence-electron chi connectivity index (χ4n) is 4.42. The Morgan fingerprint density at radius 2 is 2.00 bits per heavy atom. The molecule has 0 saturated carbocycles. The first-order valence-electron chi connectivity index (χ1n) is 10.8. The molecule has 2 aliphatic heterocycles. The Morgan fingerprint density at radius 3 is 2.87 bits per heavy atom. The number of carbonyl (C=O) groups is 2. The van der Waals surface area contributed by atoms with E-state index in [2.05, 4.69) is 20.2 Å². The van der Waals surface area contributed by atoms with Crippen molar-refractivity contribution in [2.75, 3.05) is 31.6 Å². The molecule has 0 aliphatic carbocycles.